The lowest BCUT2D eigenvalue weighted by atomic mass is 10.4. The Morgan fingerprint density at radius 3 is 1.84 bits per heavy atom. The predicted octanol–water partition coefficient (Wildman–Crippen LogP) is 5.57. The van der Waals surface area contributed by atoms with Crippen molar-refractivity contribution in [1.82, 2.24) is 0 Å². The molecule has 2 rings (SSSR count). The lowest BCUT2D eigenvalue weighted by Gasteiger charge is -2.09. The van der Waals surface area contributed by atoms with E-state index < -0.39 is 9.84 Å². The summed E-state index contributed by atoms with van der Waals surface area (Å²) in [5, 5.41) is 0. The molecule has 0 aromatic heterocycles. The van der Waals surface area contributed by atoms with Gasteiger partial charge in [-0.15, -0.1) is 0 Å². The molecule has 0 saturated heterocycles. The van der Waals surface area contributed by atoms with Crippen molar-refractivity contribution < 1.29 is 8.42 Å². The van der Waals surface area contributed by atoms with Gasteiger partial charge < -0.3 is 0 Å². The summed E-state index contributed by atoms with van der Waals surface area (Å²) < 4.78 is 27.9. The molecule has 2 nitrogen and oxygen atoms in total. The molecule has 0 fully saturated rings. The lowest BCUT2D eigenvalue weighted by Crippen LogP contribution is -2.03. The zero-order valence-corrected chi connectivity index (χ0v) is 16.4. The lowest BCUT2D eigenvalue weighted by molar-refractivity contribution is 0.595. The van der Waals surface area contributed by atoms with Crippen molar-refractivity contribution in [2.75, 3.05) is 0 Å². The highest BCUT2D eigenvalue weighted by molar-refractivity contribution is 9.13. The first-order chi connectivity index (χ1) is 8.82. The summed E-state index contributed by atoms with van der Waals surface area (Å²) in [6, 6.07) is 9.83. The van der Waals surface area contributed by atoms with Gasteiger partial charge in [-0.05, 0) is 84.2 Å². The number of benzene rings is 2. The van der Waals surface area contributed by atoms with Crippen LogP contribution >= 0.6 is 63.7 Å². The fourth-order valence-corrected chi connectivity index (χ4v) is 5.18. The van der Waals surface area contributed by atoms with Gasteiger partial charge in [-0.25, -0.2) is 8.42 Å². The Hall–Kier alpha value is 0.310. The number of hydrogen-bond donors (Lipinski definition) is 0. The average molecular weight is 534 g/mol. The van der Waals surface area contributed by atoms with E-state index in [2.05, 4.69) is 63.7 Å². The van der Waals surface area contributed by atoms with Gasteiger partial charge in [0.25, 0.3) is 0 Å². The van der Waals surface area contributed by atoms with E-state index in [0.717, 1.165) is 8.95 Å². The average Bonchev–Trinajstić information content (AvgIpc) is 2.34. The van der Waals surface area contributed by atoms with Crippen LogP contribution in [0, 0.1) is 0 Å². The zero-order chi connectivity index (χ0) is 14.2. The van der Waals surface area contributed by atoms with Crippen LogP contribution in [0.1, 0.15) is 0 Å². The SMILES string of the molecule is O=S(=O)(c1ccc(Br)cc1)c1cc(Br)c(Br)cc1Br. The smallest absolute Gasteiger partial charge is 0.207 e. The first-order valence-electron chi connectivity index (χ1n) is 4.97. The van der Waals surface area contributed by atoms with Crippen LogP contribution < -0.4 is 0 Å². The van der Waals surface area contributed by atoms with Gasteiger partial charge in [-0.3, -0.25) is 0 Å². The summed E-state index contributed by atoms with van der Waals surface area (Å²) in [5.74, 6) is 0. The molecule has 0 heterocycles. The molecule has 2 aromatic carbocycles. The molecule has 19 heavy (non-hydrogen) atoms. The highest BCUT2D eigenvalue weighted by Gasteiger charge is 2.21. The van der Waals surface area contributed by atoms with E-state index in [1.54, 1.807) is 36.4 Å². The molecule has 0 atom stereocenters. The molecule has 7 heteroatoms. The Balaban J connectivity index is 2.63. The van der Waals surface area contributed by atoms with Crippen LogP contribution in [0.15, 0.2) is 64.1 Å². The molecule has 0 aliphatic rings. The zero-order valence-electron chi connectivity index (χ0n) is 9.20. The third kappa shape index (κ3) is 3.32. The molecule has 2 aromatic rings. The highest BCUT2D eigenvalue weighted by Crippen LogP contribution is 2.35. The highest BCUT2D eigenvalue weighted by atomic mass is 79.9. The number of sulfone groups is 1. The van der Waals surface area contributed by atoms with Crippen molar-refractivity contribution in [3.63, 3.8) is 0 Å². The molecule has 0 saturated carbocycles. The van der Waals surface area contributed by atoms with Gasteiger partial charge in [0.1, 0.15) is 0 Å². The fraction of sp³-hybridized carbons (Fsp3) is 0. The monoisotopic (exact) mass is 530 g/mol. The standard InChI is InChI=1S/C12H6Br4O2S/c13-7-1-3-8(4-2-7)19(17,18)12-6-10(15)9(14)5-11(12)16/h1-6H. The van der Waals surface area contributed by atoms with Crippen LogP contribution in [0.25, 0.3) is 0 Å². The third-order valence-corrected chi connectivity index (χ3v) is 7.49. The van der Waals surface area contributed by atoms with Crippen molar-refractivity contribution in [2.24, 2.45) is 0 Å². The first-order valence-corrected chi connectivity index (χ1v) is 9.63. The van der Waals surface area contributed by atoms with Gasteiger partial charge in [-0.1, -0.05) is 15.9 Å². The summed E-state index contributed by atoms with van der Waals surface area (Å²) >= 11 is 13.2. The Morgan fingerprint density at radius 1 is 0.737 bits per heavy atom. The number of halogens is 4. The van der Waals surface area contributed by atoms with Gasteiger partial charge in [0.05, 0.1) is 9.79 Å². The van der Waals surface area contributed by atoms with E-state index in [-0.39, 0.29) is 9.79 Å². The van der Waals surface area contributed by atoms with Crippen LogP contribution in [0.2, 0.25) is 0 Å². The molecular weight excluding hydrogens is 528 g/mol. The van der Waals surface area contributed by atoms with Crippen LogP contribution in [0.3, 0.4) is 0 Å². The summed E-state index contributed by atoms with van der Waals surface area (Å²) in [6.45, 7) is 0. The van der Waals surface area contributed by atoms with Gasteiger partial charge in [0, 0.05) is 17.9 Å². The molecule has 0 spiro atoms. The van der Waals surface area contributed by atoms with Crippen LogP contribution in [0.5, 0.6) is 0 Å². The van der Waals surface area contributed by atoms with E-state index >= 15 is 0 Å². The maximum Gasteiger partial charge on any atom is 0.207 e. The molecule has 0 unspecified atom stereocenters. The topological polar surface area (TPSA) is 34.1 Å². The molecule has 0 aliphatic carbocycles. The second kappa shape index (κ2) is 5.97. The first kappa shape index (κ1) is 15.7. The molecule has 0 radical (unpaired) electrons. The summed E-state index contributed by atoms with van der Waals surface area (Å²) in [5.41, 5.74) is 0. The maximum atomic E-state index is 12.5. The van der Waals surface area contributed by atoms with Crippen molar-refractivity contribution in [2.45, 2.75) is 9.79 Å². The minimum atomic E-state index is -3.54. The Labute approximate surface area is 145 Å². The minimum Gasteiger partial charge on any atom is -0.218 e. The summed E-state index contributed by atoms with van der Waals surface area (Å²) in [7, 11) is -3.54. The van der Waals surface area contributed by atoms with E-state index in [1.807, 2.05) is 0 Å². The van der Waals surface area contributed by atoms with Crippen molar-refractivity contribution in [1.29, 1.82) is 0 Å². The molecule has 0 amide bonds. The fourth-order valence-electron chi connectivity index (χ4n) is 1.45. The maximum absolute atomic E-state index is 12.5. The Bertz CT molecular complexity index is 724. The minimum absolute atomic E-state index is 0.227. The van der Waals surface area contributed by atoms with E-state index in [9.17, 15) is 8.42 Å². The van der Waals surface area contributed by atoms with Crippen LogP contribution in [-0.2, 0) is 9.84 Å². The van der Waals surface area contributed by atoms with Gasteiger partial charge in [0.2, 0.25) is 9.84 Å². The number of rotatable bonds is 2. The summed E-state index contributed by atoms with van der Waals surface area (Å²) in [6.07, 6.45) is 0. The van der Waals surface area contributed by atoms with Gasteiger partial charge in [0.15, 0.2) is 0 Å². The van der Waals surface area contributed by atoms with Gasteiger partial charge >= 0.3 is 0 Å². The van der Waals surface area contributed by atoms with Crippen molar-refractivity contribution in [3.05, 3.63) is 54.3 Å². The van der Waals surface area contributed by atoms with Crippen LogP contribution in [-0.4, -0.2) is 8.42 Å². The quantitative estimate of drug-likeness (QED) is 0.473. The molecule has 100 valence electrons. The van der Waals surface area contributed by atoms with Crippen LogP contribution in [0.4, 0.5) is 0 Å². The van der Waals surface area contributed by atoms with E-state index in [0.29, 0.717) is 8.95 Å². The van der Waals surface area contributed by atoms with E-state index in [1.165, 1.54) is 0 Å². The largest absolute Gasteiger partial charge is 0.218 e. The van der Waals surface area contributed by atoms with E-state index in [4.69, 9.17) is 0 Å². The van der Waals surface area contributed by atoms with Crippen molar-refractivity contribution in [3.8, 4) is 0 Å². The molecular formula is C12H6Br4O2S. The molecule has 0 N–H and O–H groups in total. The molecule has 0 bridgehead atoms. The molecule has 0 aliphatic heterocycles. The second-order valence-corrected chi connectivity index (χ2v) is 9.05. The Kier molecular flexibility index (Phi) is 4.93. The second-order valence-electron chi connectivity index (χ2n) is 3.65. The number of hydrogen-bond acceptors (Lipinski definition) is 2. The predicted molar refractivity (Wildman–Crippen MR) is 89.1 cm³/mol. The normalized spacial score (nSPS) is 11.6. The summed E-state index contributed by atoms with van der Waals surface area (Å²) in [4.78, 5) is 0.482. The Morgan fingerprint density at radius 2 is 1.26 bits per heavy atom. The van der Waals surface area contributed by atoms with Gasteiger partial charge in [-0.2, -0.15) is 0 Å². The third-order valence-electron chi connectivity index (χ3n) is 2.39. The van der Waals surface area contributed by atoms with Crippen molar-refractivity contribution >= 4 is 73.6 Å².